The Morgan fingerprint density at radius 1 is 1.07 bits per heavy atom. The number of benzene rings is 2. The fourth-order valence-corrected chi connectivity index (χ4v) is 3.19. The molecule has 1 heterocycles. The average Bonchev–Trinajstić information content (AvgIpc) is 2.70. The van der Waals surface area contributed by atoms with Crippen molar-refractivity contribution in [1.29, 1.82) is 0 Å². The van der Waals surface area contributed by atoms with Gasteiger partial charge in [-0.3, -0.25) is 4.79 Å². The SMILES string of the molecule is Cc1ccc(OC(C)C(=O)NCc2ccc(OC3CCN(C)CC3)cc2)cc1. The van der Waals surface area contributed by atoms with Crippen LogP contribution in [0.1, 0.15) is 30.9 Å². The van der Waals surface area contributed by atoms with E-state index in [2.05, 4.69) is 17.3 Å². The number of piperidine rings is 1. The number of hydrogen-bond donors (Lipinski definition) is 1. The summed E-state index contributed by atoms with van der Waals surface area (Å²) in [5.74, 6) is 1.46. The first-order valence-corrected chi connectivity index (χ1v) is 9.95. The van der Waals surface area contributed by atoms with Gasteiger partial charge in [0.2, 0.25) is 0 Å². The van der Waals surface area contributed by atoms with E-state index < -0.39 is 6.10 Å². The summed E-state index contributed by atoms with van der Waals surface area (Å²) in [5.41, 5.74) is 2.19. The van der Waals surface area contributed by atoms with Gasteiger partial charge >= 0.3 is 0 Å². The molecule has 0 radical (unpaired) electrons. The van der Waals surface area contributed by atoms with Crippen LogP contribution in [0.5, 0.6) is 11.5 Å². The number of hydrogen-bond acceptors (Lipinski definition) is 4. The lowest BCUT2D eigenvalue weighted by molar-refractivity contribution is -0.127. The van der Waals surface area contributed by atoms with Crippen molar-refractivity contribution in [2.75, 3.05) is 20.1 Å². The molecule has 2 aromatic carbocycles. The Balaban J connectivity index is 1.43. The molecule has 0 spiro atoms. The lowest BCUT2D eigenvalue weighted by atomic mass is 10.1. The molecule has 1 atom stereocenters. The molecule has 150 valence electrons. The Bertz CT molecular complexity index is 750. The Kier molecular flexibility index (Phi) is 6.93. The molecular formula is C23H30N2O3. The summed E-state index contributed by atoms with van der Waals surface area (Å²) in [6.07, 6.45) is 1.87. The predicted octanol–water partition coefficient (Wildman–Crippen LogP) is 3.55. The first-order valence-electron chi connectivity index (χ1n) is 9.95. The van der Waals surface area contributed by atoms with Crippen molar-refractivity contribution in [3.63, 3.8) is 0 Å². The van der Waals surface area contributed by atoms with E-state index in [1.807, 2.05) is 55.5 Å². The third-order valence-electron chi connectivity index (χ3n) is 5.06. The second kappa shape index (κ2) is 9.60. The number of rotatable bonds is 7. The van der Waals surface area contributed by atoms with E-state index in [1.165, 1.54) is 0 Å². The summed E-state index contributed by atoms with van der Waals surface area (Å²) in [6.45, 7) is 6.40. The van der Waals surface area contributed by atoms with Crippen LogP contribution >= 0.6 is 0 Å². The van der Waals surface area contributed by atoms with Crippen LogP contribution in [0.25, 0.3) is 0 Å². The summed E-state index contributed by atoms with van der Waals surface area (Å²) < 4.78 is 11.8. The zero-order valence-corrected chi connectivity index (χ0v) is 17.0. The minimum Gasteiger partial charge on any atom is -0.490 e. The first kappa shape index (κ1) is 20.2. The fourth-order valence-electron chi connectivity index (χ4n) is 3.19. The third-order valence-corrected chi connectivity index (χ3v) is 5.06. The monoisotopic (exact) mass is 382 g/mol. The van der Waals surface area contributed by atoms with Crippen LogP contribution in [0.3, 0.4) is 0 Å². The topological polar surface area (TPSA) is 50.8 Å². The highest BCUT2D eigenvalue weighted by Gasteiger charge is 2.18. The van der Waals surface area contributed by atoms with Crippen molar-refractivity contribution < 1.29 is 14.3 Å². The van der Waals surface area contributed by atoms with Crippen LogP contribution in [-0.2, 0) is 11.3 Å². The van der Waals surface area contributed by atoms with Gasteiger partial charge in [0, 0.05) is 19.6 Å². The van der Waals surface area contributed by atoms with Crippen molar-refractivity contribution in [3.8, 4) is 11.5 Å². The van der Waals surface area contributed by atoms with Gasteiger partial charge in [0.1, 0.15) is 17.6 Å². The van der Waals surface area contributed by atoms with E-state index in [9.17, 15) is 4.79 Å². The molecule has 1 aliphatic rings. The zero-order valence-electron chi connectivity index (χ0n) is 17.0. The molecule has 1 aliphatic heterocycles. The molecule has 3 rings (SSSR count). The zero-order chi connectivity index (χ0) is 19.9. The molecule has 1 fully saturated rings. The van der Waals surface area contributed by atoms with Gasteiger partial charge in [-0.2, -0.15) is 0 Å². The molecule has 1 unspecified atom stereocenters. The molecule has 1 saturated heterocycles. The quantitative estimate of drug-likeness (QED) is 0.796. The van der Waals surface area contributed by atoms with Gasteiger partial charge in [-0.25, -0.2) is 0 Å². The van der Waals surface area contributed by atoms with E-state index in [-0.39, 0.29) is 5.91 Å². The molecule has 0 bridgehead atoms. The van der Waals surface area contributed by atoms with Gasteiger partial charge in [-0.05, 0) is 63.6 Å². The molecule has 0 aliphatic carbocycles. The van der Waals surface area contributed by atoms with Gasteiger partial charge in [0.15, 0.2) is 6.10 Å². The van der Waals surface area contributed by atoms with Crippen LogP contribution in [-0.4, -0.2) is 43.2 Å². The standard InChI is InChI=1S/C23H30N2O3/c1-17-4-8-20(9-5-17)27-18(2)23(26)24-16-19-6-10-21(11-7-19)28-22-12-14-25(3)15-13-22/h4-11,18,22H,12-16H2,1-3H3,(H,24,26). The van der Waals surface area contributed by atoms with Crippen molar-refractivity contribution in [2.45, 2.75) is 45.4 Å². The Morgan fingerprint density at radius 3 is 2.32 bits per heavy atom. The molecule has 2 aromatic rings. The number of amides is 1. The number of aryl methyl sites for hydroxylation is 1. The number of likely N-dealkylation sites (tertiary alicyclic amines) is 1. The summed E-state index contributed by atoms with van der Waals surface area (Å²) in [5, 5.41) is 2.93. The molecule has 0 aromatic heterocycles. The summed E-state index contributed by atoms with van der Waals surface area (Å²) in [4.78, 5) is 14.6. The maximum Gasteiger partial charge on any atom is 0.261 e. The minimum atomic E-state index is -0.547. The van der Waals surface area contributed by atoms with E-state index in [1.54, 1.807) is 6.92 Å². The average molecular weight is 383 g/mol. The lowest BCUT2D eigenvalue weighted by Gasteiger charge is -2.29. The third kappa shape index (κ3) is 5.99. The Hall–Kier alpha value is -2.53. The molecule has 5 heteroatoms. The predicted molar refractivity (Wildman–Crippen MR) is 111 cm³/mol. The largest absolute Gasteiger partial charge is 0.490 e. The molecule has 1 amide bonds. The highest BCUT2D eigenvalue weighted by molar-refractivity contribution is 5.80. The number of nitrogens with one attached hydrogen (secondary N) is 1. The van der Waals surface area contributed by atoms with Crippen molar-refractivity contribution in [1.82, 2.24) is 10.2 Å². The molecule has 1 N–H and O–H groups in total. The Labute approximate surface area is 167 Å². The van der Waals surface area contributed by atoms with E-state index >= 15 is 0 Å². The van der Waals surface area contributed by atoms with Gasteiger partial charge in [-0.15, -0.1) is 0 Å². The van der Waals surface area contributed by atoms with Crippen molar-refractivity contribution in [2.24, 2.45) is 0 Å². The van der Waals surface area contributed by atoms with Crippen molar-refractivity contribution in [3.05, 3.63) is 59.7 Å². The van der Waals surface area contributed by atoms with Gasteiger partial charge in [-0.1, -0.05) is 29.8 Å². The number of carbonyl (C=O) groups excluding carboxylic acids is 1. The van der Waals surface area contributed by atoms with Gasteiger partial charge in [0.05, 0.1) is 0 Å². The highest BCUT2D eigenvalue weighted by Crippen LogP contribution is 2.19. The molecule has 5 nitrogen and oxygen atoms in total. The lowest BCUT2D eigenvalue weighted by Crippen LogP contribution is -2.36. The van der Waals surface area contributed by atoms with E-state index in [0.29, 0.717) is 18.4 Å². The minimum absolute atomic E-state index is 0.132. The molecule has 28 heavy (non-hydrogen) atoms. The van der Waals surface area contributed by atoms with E-state index in [0.717, 1.165) is 42.8 Å². The molecular weight excluding hydrogens is 352 g/mol. The molecule has 0 saturated carbocycles. The summed E-state index contributed by atoms with van der Waals surface area (Å²) >= 11 is 0. The van der Waals surface area contributed by atoms with Gasteiger partial charge in [0.25, 0.3) is 5.91 Å². The van der Waals surface area contributed by atoms with Crippen molar-refractivity contribution >= 4 is 5.91 Å². The van der Waals surface area contributed by atoms with Crippen LogP contribution in [0.15, 0.2) is 48.5 Å². The number of ether oxygens (including phenoxy) is 2. The first-order chi connectivity index (χ1) is 13.5. The van der Waals surface area contributed by atoms with E-state index in [4.69, 9.17) is 9.47 Å². The normalized spacial score (nSPS) is 16.4. The second-order valence-corrected chi connectivity index (χ2v) is 7.56. The van der Waals surface area contributed by atoms with Crippen LogP contribution in [0, 0.1) is 6.92 Å². The maximum atomic E-state index is 12.3. The van der Waals surface area contributed by atoms with Gasteiger partial charge < -0.3 is 19.7 Å². The van der Waals surface area contributed by atoms with Crippen LogP contribution in [0.4, 0.5) is 0 Å². The summed E-state index contributed by atoms with van der Waals surface area (Å²) in [7, 11) is 2.14. The number of carbonyl (C=O) groups is 1. The highest BCUT2D eigenvalue weighted by atomic mass is 16.5. The second-order valence-electron chi connectivity index (χ2n) is 7.56. The summed E-state index contributed by atoms with van der Waals surface area (Å²) in [6, 6.07) is 15.6. The Morgan fingerprint density at radius 2 is 1.68 bits per heavy atom. The fraction of sp³-hybridized carbons (Fsp3) is 0.435. The number of nitrogens with zero attached hydrogens (tertiary/aromatic N) is 1. The van der Waals surface area contributed by atoms with Crippen LogP contribution in [0.2, 0.25) is 0 Å². The maximum absolute atomic E-state index is 12.3. The smallest absolute Gasteiger partial charge is 0.261 e. The van der Waals surface area contributed by atoms with Crippen LogP contribution < -0.4 is 14.8 Å².